The van der Waals surface area contributed by atoms with Crippen LogP contribution >= 0.6 is 0 Å². The minimum atomic E-state index is -4.27. The molecule has 3 N–H and O–H groups in total. The van der Waals surface area contributed by atoms with Gasteiger partial charge in [0.1, 0.15) is 0 Å². The zero-order valence-corrected chi connectivity index (χ0v) is 6.44. The van der Waals surface area contributed by atoms with E-state index < -0.39 is 17.8 Å². The Morgan fingerprint density at radius 3 is 2.42 bits per heavy atom. The molecule has 0 aromatic carbocycles. The van der Waals surface area contributed by atoms with Crippen LogP contribution < -0.4 is 11.1 Å². The van der Waals surface area contributed by atoms with Crippen LogP contribution in [0.5, 0.6) is 0 Å². The summed E-state index contributed by atoms with van der Waals surface area (Å²) in [5.74, 6) is 0.260. The largest absolute Gasteiger partial charge is 0.414 e. The van der Waals surface area contributed by atoms with E-state index in [-0.39, 0.29) is 5.82 Å². The lowest BCUT2D eigenvalue weighted by atomic mass is 10.1. The van der Waals surface area contributed by atoms with Gasteiger partial charge in [-0.2, -0.15) is 13.2 Å². The topological polar surface area (TPSA) is 38.0 Å². The SMILES string of the molecule is CC1NC(N)=CC=C1C(F)(F)F. The molecule has 68 valence electrons. The third-order valence-electron chi connectivity index (χ3n) is 1.62. The predicted molar refractivity (Wildman–Crippen MR) is 39.0 cm³/mol. The third kappa shape index (κ3) is 1.72. The highest BCUT2D eigenvalue weighted by Gasteiger charge is 2.37. The van der Waals surface area contributed by atoms with Crippen molar-refractivity contribution in [3.05, 3.63) is 23.5 Å². The maximum atomic E-state index is 12.1. The van der Waals surface area contributed by atoms with E-state index in [2.05, 4.69) is 5.32 Å². The lowest BCUT2D eigenvalue weighted by molar-refractivity contribution is -0.0960. The molecule has 1 aliphatic heterocycles. The van der Waals surface area contributed by atoms with Gasteiger partial charge in [0.15, 0.2) is 0 Å². The highest BCUT2D eigenvalue weighted by Crippen LogP contribution is 2.29. The minimum Gasteiger partial charge on any atom is -0.386 e. The van der Waals surface area contributed by atoms with Gasteiger partial charge in [0, 0.05) is 0 Å². The molecule has 0 fully saturated rings. The summed E-state index contributed by atoms with van der Waals surface area (Å²) in [4.78, 5) is 0. The maximum Gasteiger partial charge on any atom is 0.414 e. The van der Waals surface area contributed by atoms with Gasteiger partial charge in [0.25, 0.3) is 0 Å². The normalized spacial score (nSPS) is 24.2. The van der Waals surface area contributed by atoms with E-state index in [4.69, 9.17) is 5.73 Å². The Morgan fingerprint density at radius 1 is 1.42 bits per heavy atom. The fourth-order valence-electron chi connectivity index (χ4n) is 1.04. The average Bonchev–Trinajstić information content (AvgIpc) is 1.83. The third-order valence-corrected chi connectivity index (χ3v) is 1.62. The van der Waals surface area contributed by atoms with Crippen LogP contribution in [0.3, 0.4) is 0 Å². The van der Waals surface area contributed by atoms with Gasteiger partial charge in [-0.15, -0.1) is 0 Å². The summed E-state index contributed by atoms with van der Waals surface area (Å²) in [5, 5.41) is 2.49. The van der Waals surface area contributed by atoms with Gasteiger partial charge in [-0.3, -0.25) is 0 Å². The van der Waals surface area contributed by atoms with Crippen molar-refractivity contribution in [2.24, 2.45) is 5.73 Å². The second-order valence-corrected chi connectivity index (χ2v) is 2.61. The summed E-state index contributed by atoms with van der Waals surface area (Å²) in [6.45, 7) is 1.42. The van der Waals surface area contributed by atoms with Gasteiger partial charge >= 0.3 is 6.18 Å². The molecule has 0 bridgehead atoms. The van der Waals surface area contributed by atoms with Gasteiger partial charge in [-0.05, 0) is 19.1 Å². The molecule has 1 atom stereocenters. The molecule has 0 amide bonds. The van der Waals surface area contributed by atoms with Crippen LogP contribution in [0.15, 0.2) is 23.5 Å². The molecule has 0 aromatic heterocycles. The number of hydrogen-bond donors (Lipinski definition) is 2. The first-order valence-corrected chi connectivity index (χ1v) is 3.42. The number of halogens is 3. The minimum absolute atomic E-state index is 0.260. The fraction of sp³-hybridized carbons (Fsp3) is 0.429. The molecule has 1 heterocycles. The van der Waals surface area contributed by atoms with E-state index in [0.29, 0.717) is 0 Å². The number of alkyl halides is 3. The first kappa shape index (κ1) is 8.96. The molecule has 0 radical (unpaired) electrons. The number of allylic oxidation sites excluding steroid dienone is 2. The predicted octanol–water partition coefficient (Wildman–Crippen LogP) is 1.27. The summed E-state index contributed by atoms with van der Waals surface area (Å²) in [6, 6.07) is -0.769. The zero-order valence-electron chi connectivity index (χ0n) is 6.44. The summed E-state index contributed by atoms with van der Waals surface area (Å²) >= 11 is 0. The second-order valence-electron chi connectivity index (χ2n) is 2.61. The molecule has 0 spiro atoms. The molecular formula is C7H9F3N2. The summed E-state index contributed by atoms with van der Waals surface area (Å²) in [5.41, 5.74) is 4.67. The van der Waals surface area contributed by atoms with Crippen molar-refractivity contribution in [2.45, 2.75) is 19.1 Å². The Morgan fingerprint density at radius 2 is 2.00 bits per heavy atom. The van der Waals surface area contributed by atoms with Crippen LogP contribution in [0.4, 0.5) is 13.2 Å². The molecular weight excluding hydrogens is 169 g/mol. The molecule has 0 saturated carbocycles. The molecule has 0 saturated heterocycles. The van der Waals surface area contributed by atoms with E-state index in [1.165, 1.54) is 13.0 Å². The molecule has 0 aromatic rings. The molecule has 12 heavy (non-hydrogen) atoms. The van der Waals surface area contributed by atoms with Crippen molar-refractivity contribution < 1.29 is 13.2 Å². The molecule has 5 heteroatoms. The van der Waals surface area contributed by atoms with E-state index in [9.17, 15) is 13.2 Å². The molecule has 1 unspecified atom stereocenters. The summed E-state index contributed by atoms with van der Waals surface area (Å²) < 4.78 is 36.4. The smallest absolute Gasteiger partial charge is 0.386 e. The Labute approximate surface area is 67.9 Å². The number of dihydropyridines is 1. The van der Waals surface area contributed by atoms with E-state index in [1.54, 1.807) is 0 Å². The van der Waals surface area contributed by atoms with E-state index in [1.807, 2.05) is 0 Å². The number of hydrogen-bond acceptors (Lipinski definition) is 2. The molecule has 2 nitrogen and oxygen atoms in total. The lowest BCUT2D eigenvalue weighted by Crippen LogP contribution is -2.38. The molecule has 1 rings (SSSR count). The van der Waals surface area contributed by atoms with Crippen LogP contribution in [0.25, 0.3) is 0 Å². The van der Waals surface area contributed by atoms with Gasteiger partial charge in [-0.1, -0.05) is 0 Å². The van der Waals surface area contributed by atoms with Crippen LogP contribution in [-0.4, -0.2) is 12.2 Å². The number of nitrogens with two attached hydrogens (primary N) is 1. The van der Waals surface area contributed by atoms with Crippen molar-refractivity contribution >= 4 is 0 Å². The average molecular weight is 178 g/mol. The second kappa shape index (κ2) is 2.73. The van der Waals surface area contributed by atoms with Crippen molar-refractivity contribution in [1.29, 1.82) is 0 Å². The highest BCUT2D eigenvalue weighted by molar-refractivity contribution is 5.28. The summed E-state index contributed by atoms with van der Waals surface area (Å²) in [7, 11) is 0. The Bertz CT molecular complexity index is 240. The standard InChI is InChI=1S/C7H9F3N2/c1-4-5(7(8,9)10)2-3-6(11)12-4/h2-4,12H,11H2,1H3. The fourth-order valence-corrected chi connectivity index (χ4v) is 1.04. The van der Waals surface area contributed by atoms with Crippen molar-refractivity contribution in [3.8, 4) is 0 Å². The number of nitrogens with one attached hydrogen (secondary N) is 1. The van der Waals surface area contributed by atoms with Crippen LogP contribution in [-0.2, 0) is 0 Å². The van der Waals surface area contributed by atoms with Gasteiger partial charge < -0.3 is 11.1 Å². The van der Waals surface area contributed by atoms with Gasteiger partial charge in [0.05, 0.1) is 17.4 Å². The Kier molecular flexibility index (Phi) is 2.04. The zero-order chi connectivity index (χ0) is 9.35. The molecule has 1 aliphatic rings. The number of rotatable bonds is 0. The van der Waals surface area contributed by atoms with E-state index >= 15 is 0 Å². The molecule has 0 aliphatic carbocycles. The maximum absolute atomic E-state index is 12.1. The van der Waals surface area contributed by atoms with E-state index in [0.717, 1.165) is 6.08 Å². The highest BCUT2D eigenvalue weighted by atomic mass is 19.4. The first-order valence-electron chi connectivity index (χ1n) is 3.42. The Hall–Kier alpha value is -1.13. The quantitative estimate of drug-likeness (QED) is 0.586. The van der Waals surface area contributed by atoms with Crippen molar-refractivity contribution in [2.75, 3.05) is 0 Å². The monoisotopic (exact) mass is 178 g/mol. The van der Waals surface area contributed by atoms with Crippen LogP contribution in [0.1, 0.15) is 6.92 Å². The first-order chi connectivity index (χ1) is 5.41. The van der Waals surface area contributed by atoms with Crippen LogP contribution in [0, 0.1) is 0 Å². The lowest BCUT2D eigenvalue weighted by Gasteiger charge is -2.23. The Balaban J connectivity index is 2.91. The van der Waals surface area contributed by atoms with Gasteiger partial charge in [0.2, 0.25) is 0 Å². The van der Waals surface area contributed by atoms with Gasteiger partial charge in [-0.25, -0.2) is 0 Å². The van der Waals surface area contributed by atoms with Crippen LogP contribution in [0.2, 0.25) is 0 Å². The van der Waals surface area contributed by atoms with Crippen molar-refractivity contribution in [1.82, 2.24) is 5.32 Å². The van der Waals surface area contributed by atoms with Crippen molar-refractivity contribution in [3.63, 3.8) is 0 Å². The summed E-state index contributed by atoms with van der Waals surface area (Å²) in [6.07, 6.45) is -2.07.